The van der Waals surface area contributed by atoms with E-state index in [4.69, 9.17) is 12.2 Å². The summed E-state index contributed by atoms with van der Waals surface area (Å²) in [6.45, 7) is 0. The van der Waals surface area contributed by atoms with Gasteiger partial charge in [-0.3, -0.25) is 0 Å². The Hall–Kier alpha value is -1.40. The smallest absolute Gasteiger partial charge is 0.159 e. The van der Waals surface area contributed by atoms with E-state index < -0.39 is 11.6 Å². The molecule has 2 N–H and O–H groups in total. The molecule has 0 bridgehead atoms. The molecule has 1 atom stereocenters. The normalized spacial score (nSPS) is 12.1. The highest BCUT2D eigenvalue weighted by Gasteiger charge is 2.06. The summed E-state index contributed by atoms with van der Waals surface area (Å²) in [5.41, 5.74) is 6.30. The van der Waals surface area contributed by atoms with Gasteiger partial charge in [0, 0.05) is 12.5 Å². The molecule has 0 heterocycles. The average Bonchev–Trinajstić information content (AvgIpc) is 2.12. The van der Waals surface area contributed by atoms with Gasteiger partial charge in [-0.1, -0.05) is 6.07 Å². The lowest BCUT2D eigenvalue weighted by molar-refractivity contribution is 0.506. The van der Waals surface area contributed by atoms with Gasteiger partial charge < -0.3 is 5.73 Å². The second-order valence-corrected chi connectivity index (χ2v) is 3.12. The van der Waals surface area contributed by atoms with Crippen LogP contribution in [0.25, 0.3) is 0 Å². The van der Waals surface area contributed by atoms with Gasteiger partial charge >= 0.3 is 0 Å². The summed E-state index contributed by atoms with van der Waals surface area (Å²) >= 11 is 0. The number of hydrogen-bond donors (Lipinski definition) is 1. The van der Waals surface area contributed by atoms with E-state index in [0.29, 0.717) is 18.4 Å². The van der Waals surface area contributed by atoms with Crippen molar-refractivity contribution >= 4 is 0 Å². The van der Waals surface area contributed by atoms with E-state index in [2.05, 4.69) is 5.92 Å². The summed E-state index contributed by atoms with van der Waals surface area (Å²) in [6, 6.07) is 3.54. The highest BCUT2D eigenvalue weighted by molar-refractivity contribution is 5.19. The lowest BCUT2D eigenvalue weighted by Crippen LogP contribution is -2.22. The lowest BCUT2D eigenvalue weighted by atomic mass is 10.0. The van der Waals surface area contributed by atoms with Gasteiger partial charge in [0.15, 0.2) is 11.6 Å². The van der Waals surface area contributed by atoms with Crippen LogP contribution in [0.1, 0.15) is 12.0 Å². The van der Waals surface area contributed by atoms with Gasteiger partial charge in [-0.05, 0) is 24.1 Å². The summed E-state index contributed by atoms with van der Waals surface area (Å²) in [5, 5.41) is 0. The fraction of sp³-hybridized carbons (Fsp3) is 0.273. The number of benzene rings is 1. The van der Waals surface area contributed by atoms with Gasteiger partial charge in [-0.25, -0.2) is 8.78 Å². The molecule has 74 valence electrons. The van der Waals surface area contributed by atoms with Gasteiger partial charge in [0.25, 0.3) is 0 Å². The van der Waals surface area contributed by atoms with Crippen molar-refractivity contribution in [3.8, 4) is 12.3 Å². The molecular formula is C11H11F2N. The van der Waals surface area contributed by atoms with E-state index in [-0.39, 0.29) is 6.04 Å². The highest BCUT2D eigenvalue weighted by Crippen LogP contribution is 2.10. The first-order chi connectivity index (χ1) is 6.63. The van der Waals surface area contributed by atoms with Crippen LogP contribution in [-0.2, 0) is 6.42 Å². The van der Waals surface area contributed by atoms with Crippen LogP contribution < -0.4 is 5.73 Å². The molecule has 0 fully saturated rings. The van der Waals surface area contributed by atoms with Crippen molar-refractivity contribution < 1.29 is 8.78 Å². The van der Waals surface area contributed by atoms with Crippen LogP contribution in [-0.4, -0.2) is 6.04 Å². The first-order valence-electron chi connectivity index (χ1n) is 4.26. The highest BCUT2D eigenvalue weighted by atomic mass is 19.2. The van der Waals surface area contributed by atoms with Gasteiger partial charge in [-0.2, -0.15) is 0 Å². The maximum atomic E-state index is 12.8. The van der Waals surface area contributed by atoms with Crippen molar-refractivity contribution in [2.75, 3.05) is 0 Å². The van der Waals surface area contributed by atoms with E-state index in [1.165, 1.54) is 6.07 Å². The van der Waals surface area contributed by atoms with Crippen molar-refractivity contribution in [3.05, 3.63) is 35.4 Å². The van der Waals surface area contributed by atoms with Crippen LogP contribution in [0.3, 0.4) is 0 Å². The monoisotopic (exact) mass is 195 g/mol. The zero-order valence-corrected chi connectivity index (χ0v) is 7.63. The Labute approximate surface area is 81.9 Å². The van der Waals surface area contributed by atoms with Crippen molar-refractivity contribution in [2.45, 2.75) is 18.9 Å². The summed E-state index contributed by atoms with van der Waals surface area (Å²) in [7, 11) is 0. The van der Waals surface area contributed by atoms with Crippen LogP contribution in [0, 0.1) is 24.0 Å². The van der Waals surface area contributed by atoms with E-state index in [1.807, 2.05) is 0 Å². The molecular weight excluding hydrogens is 184 g/mol. The molecule has 1 nitrogen and oxygen atoms in total. The molecule has 0 amide bonds. The minimum absolute atomic E-state index is 0.204. The van der Waals surface area contributed by atoms with Crippen LogP contribution in [0.5, 0.6) is 0 Å². The number of rotatable bonds is 3. The van der Waals surface area contributed by atoms with E-state index >= 15 is 0 Å². The zero-order chi connectivity index (χ0) is 10.6. The molecule has 1 aromatic rings. The number of hydrogen-bond acceptors (Lipinski definition) is 1. The first-order valence-corrected chi connectivity index (χ1v) is 4.26. The molecule has 1 rings (SSSR count). The van der Waals surface area contributed by atoms with Crippen LogP contribution in [0.15, 0.2) is 18.2 Å². The topological polar surface area (TPSA) is 26.0 Å². The summed E-state index contributed by atoms with van der Waals surface area (Å²) in [6.07, 6.45) is 5.96. The SMILES string of the molecule is C#CCC(N)Cc1ccc(F)c(F)c1. The van der Waals surface area contributed by atoms with Gasteiger partial charge in [0.1, 0.15) is 0 Å². The van der Waals surface area contributed by atoms with E-state index in [9.17, 15) is 8.78 Å². The average molecular weight is 195 g/mol. The quantitative estimate of drug-likeness (QED) is 0.732. The third-order valence-electron chi connectivity index (χ3n) is 1.86. The molecule has 0 saturated heterocycles. The third kappa shape index (κ3) is 2.82. The van der Waals surface area contributed by atoms with Gasteiger partial charge in [0.2, 0.25) is 0 Å². The Bertz CT molecular complexity index is 355. The van der Waals surface area contributed by atoms with E-state index in [1.54, 1.807) is 0 Å². The Morgan fingerprint density at radius 2 is 2.07 bits per heavy atom. The lowest BCUT2D eigenvalue weighted by Gasteiger charge is -2.07. The largest absolute Gasteiger partial charge is 0.327 e. The molecule has 0 saturated carbocycles. The maximum Gasteiger partial charge on any atom is 0.159 e. The Balaban J connectivity index is 2.69. The zero-order valence-electron chi connectivity index (χ0n) is 7.63. The van der Waals surface area contributed by atoms with Gasteiger partial charge in [0.05, 0.1) is 0 Å². The van der Waals surface area contributed by atoms with Crippen molar-refractivity contribution in [1.82, 2.24) is 0 Å². The molecule has 3 heteroatoms. The van der Waals surface area contributed by atoms with E-state index in [0.717, 1.165) is 12.1 Å². The number of terminal acetylenes is 1. The maximum absolute atomic E-state index is 12.8. The molecule has 0 aromatic heterocycles. The molecule has 0 aliphatic rings. The van der Waals surface area contributed by atoms with Crippen molar-refractivity contribution in [3.63, 3.8) is 0 Å². The molecule has 1 aromatic carbocycles. The Morgan fingerprint density at radius 3 is 2.64 bits per heavy atom. The van der Waals surface area contributed by atoms with Crippen LogP contribution in [0.2, 0.25) is 0 Å². The van der Waals surface area contributed by atoms with Gasteiger partial charge in [-0.15, -0.1) is 12.3 Å². The van der Waals surface area contributed by atoms with Crippen LogP contribution in [0.4, 0.5) is 8.78 Å². The second-order valence-electron chi connectivity index (χ2n) is 3.12. The first kappa shape index (κ1) is 10.7. The molecule has 1 unspecified atom stereocenters. The number of halogens is 2. The second kappa shape index (κ2) is 4.73. The predicted molar refractivity (Wildman–Crippen MR) is 51.5 cm³/mol. The van der Waals surface area contributed by atoms with Crippen molar-refractivity contribution in [2.24, 2.45) is 5.73 Å². The Kier molecular flexibility index (Phi) is 3.61. The fourth-order valence-electron chi connectivity index (χ4n) is 1.19. The molecule has 14 heavy (non-hydrogen) atoms. The number of nitrogens with two attached hydrogens (primary N) is 1. The minimum Gasteiger partial charge on any atom is -0.327 e. The summed E-state index contributed by atoms with van der Waals surface area (Å²) in [5.74, 6) is 0.722. The van der Waals surface area contributed by atoms with Crippen LogP contribution >= 0.6 is 0 Å². The molecule has 0 aliphatic carbocycles. The standard InChI is InChI=1S/C11H11F2N/c1-2-3-9(14)6-8-4-5-10(12)11(13)7-8/h1,4-5,7,9H,3,6,14H2. The summed E-state index contributed by atoms with van der Waals surface area (Å²) in [4.78, 5) is 0. The molecule has 0 aliphatic heterocycles. The summed E-state index contributed by atoms with van der Waals surface area (Å²) < 4.78 is 25.3. The molecule has 0 spiro atoms. The fourth-order valence-corrected chi connectivity index (χ4v) is 1.19. The third-order valence-corrected chi connectivity index (χ3v) is 1.86. The van der Waals surface area contributed by atoms with Crippen molar-refractivity contribution in [1.29, 1.82) is 0 Å². The Morgan fingerprint density at radius 1 is 1.36 bits per heavy atom. The predicted octanol–water partition coefficient (Wildman–Crippen LogP) is 1.86. The molecule has 0 radical (unpaired) electrons. The minimum atomic E-state index is -0.851.